The molecule has 0 unspecified atom stereocenters. The Morgan fingerprint density at radius 2 is 1.83 bits per heavy atom. The van der Waals surface area contributed by atoms with E-state index in [4.69, 9.17) is 23.7 Å². The molecule has 3 heterocycles. The molecule has 0 radical (unpaired) electrons. The van der Waals surface area contributed by atoms with Crippen molar-refractivity contribution in [3.05, 3.63) is 53.6 Å². The molecule has 5 heteroatoms. The summed E-state index contributed by atoms with van der Waals surface area (Å²) in [6.45, 7) is 8.95. The summed E-state index contributed by atoms with van der Waals surface area (Å²) in [7, 11) is 3.25. The van der Waals surface area contributed by atoms with Gasteiger partial charge in [-0.3, -0.25) is 0 Å². The molecule has 0 bridgehead atoms. The molecule has 2 aromatic rings. The fourth-order valence-corrected chi connectivity index (χ4v) is 4.36. The number of hydrogen-bond acceptors (Lipinski definition) is 5. The third-order valence-corrected chi connectivity index (χ3v) is 5.80. The Labute approximate surface area is 170 Å². The normalized spacial score (nSPS) is 22.7. The molecule has 3 aliphatic heterocycles. The summed E-state index contributed by atoms with van der Waals surface area (Å²) in [6.07, 6.45) is 3.96. The summed E-state index contributed by atoms with van der Waals surface area (Å²) in [6, 6.07) is 7.88. The highest BCUT2D eigenvalue weighted by molar-refractivity contribution is 5.83. The lowest BCUT2D eigenvalue weighted by molar-refractivity contribution is 0.0932. The Morgan fingerprint density at radius 3 is 2.59 bits per heavy atom. The molecule has 5 nitrogen and oxygen atoms in total. The molecule has 5 rings (SSSR count). The average molecular weight is 392 g/mol. The fourth-order valence-electron chi connectivity index (χ4n) is 4.36. The van der Waals surface area contributed by atoms with Crippen molar-refractivity contribution in [2.75, 3.05) is 20.8 Å². The molecule has 2 atom stereocenters. The van der Waals surface area contributed by atoms with E-state index in [-0.39, 0.29) is 17.6 Å². The lowest BCUT2D eigenvalue weighted by Crippen LogP contribution is -2.39. The Morgan fingerprint density at radius 1 is 1.07 bits per heavy atom. The van der Waals surface area contributed by atoms with Gasteiger partial charge in [0, 0.05) is 17.2 Å². The minimum absolute atomic E-state index is 0.0194. The first-order chi connectivity index (χ1) is 13.9. The van der Waals surface area contributed by atoms with Gasteiger partial charge in [-0.15, -0.1) is 0 Å². The summed E-state index contributed by atoms with van der Waals surface area (Å²) >= 11 is 0. The van der Waals surface area contributed by atoms with Gasteiger partial charge in [-0.25, -0.2) is 0 Å². The average Bonchev–Trinajstić information content (AvgIpc) is 2.71. The Balaban J connectivity index is 1.61. The van der Waals surface area contributed by atoms with Crippen molar-refractivity contribution in [2.24, 2.45) is 0 Å². The van der Waals surface area contributed by atoms with Crippen LogP contribution in [0.1, 0.15) is 36.5 Å². The molecule has 0 spiro atoms. The molecule has 0 saturated heterocycles. The van der Waals surface area contributed by atoms with Crippen LogP contribution in [0.15, 0.2) is 36.9 Å². The predicted octanol–water partition coefficient (Wildman–Crippen LogP) is 4.84. The van der Waals surface area contributed by atoms with E-state index in [1.165, 1.54) is 0 Å². The van der Waals surface area contributed by atoms with Gasteiger partial charge in [0.25, 0.3) is 0 Å². The molecule has 0 aliphatic carbocycles. The molecule has 3 aliphatic rings. The maximum atomic E-state index is 6.47. The van der Waals surface area contributed by atoms with E-state index in [1.807, 2.05) is 38.1 Å². The van der Waals surface area contributed by atoms with Crippen molar-refractivity contribution in [3.63, 3.8) is 0 Å². The van der Waals surface area contributed by atoms with E-state index >= 15 is 0 Å². The highest BCUT2D eigenvalue weighted by atomic mass is 16.5. The minimum atomic E-state index is -0.335. The monoisotopic (exact) mass is 392 g/mol. The molecule has 2 aromatic carbocycles. The SMILES string of the molecule is C=C1c2ccc3c(c2O[C@@H]2COc4cc(OC)c(OC)cc4[C@H]12)C=CC(C)(C)O3. The van der Waals surface area contributed by atoms with Crippen molar-refractivity contribution in [1.29, 1.82) is 0 Å². The molecular weight excluding hydrogens is 368 g/mol. The Kier molecular flexibility index (Phi) is 3.85. The van der Waals surface area contributed by atoms with E-state index < -0.39 is 0 Å². The molecule has 29 heavy (non-hydrogen) atoms. The first kappa shape index (κ1) is 18.0. The zero-order chi connectivity index (χ0) is 20.3. The van der Waals surface area contributed by atoms with Gasteiger partial charge in [0.05, 0.1) is 25.7 Å². The zero-order valence-corrected chi connectivity index (χ0v) is 17.1. The van der Waals surface area contributed by atoms with E-state index in [2.05, 4.69) is 18.7 Å². The molecule has 0 fully saturated rings. The maximum Gasteiger partial charge on any atom is 0.164 e. The van der Waals surface area contributed by atoms with Gasteiger partial charge in [-0.1, -0.05) is 6.58 Å². The molecule has 150 valence electrons. The first-order valence-corrected chi connectivity index (χ1v) is 9.71. The number of rotatable bonds is 2. The number of ether oxygens (including phenoxy) is 5. The van der Waals surface area contributed by atoms with Gasteiger partial charge in [-0.2, -0.15) is 0 Å². The standard InChI is InChI=1S/C24H24O5/c1-13-14-6-7-17-15(8-9-24(2,3)29-17)23(14)28-21-12-27-18-11-20(26-5)19(25-4)10-16(18)22(13)21/h6-11,21-22H,1,12H2,2-5H3/t21-,22+/m1/s1. The van der Waals surface area contributed by atoms with Gasteiger partial charge in [-0.05, 0) is 49.8 Å². The van der Waals surface area contributed by atoms with Crippen molar-refractivity contribution in [3.8, 4) is 28.7 Å². The lowest BCUT2D eigenvalue weighted by Gasteiger charge is -2.41. The predicted molar refractivity (Wildman–Crippen MR) is 111 cm³/mol. The van der Waals surface area contributed by atoms with Gasteiger partial charge in [0.1, 0.15) is 35.6 Å². The van der Waals surface area contributed by atoms with Crippen molar-refractivity contribution in [2.45, 2.75) is 31.5 Å². The molecule has 0 saturated carbocycles. The van der Waals surface area contributed by atoms with Crippen LogP contribution in [0.5, 0.6) is 28.7 Å². The van der Waals surface area contributed by atoms with E-state index in [9.17, 15) is 0 Å². The Bertz CT molecular complexity index is 1050. The van der Waals surface area contributed by atoms with Crippen molar-refractivity contribution in [1.82, 2.24) is 0 Å². The second-order valence-electron chi connectivity index (χ2n) is 8.11. The van der Waals surface area contributed by atoms with Crippen LogP contribution in [0.25, 0.3) is 11.6 Å². The summed E-state index contributed by atoms with van der Waals surface area (Å²) in [5.41, 5.74) is 3.63. The third-order valence-electron chi connectivity index (χ3n) is 5.80. The highest BCUT2D eigenvalue weighted by Crippen LogP contribution is 2.53. The Hall–Kier alpha value is -3.08. The van der Waals surface area contributed by atoms with Crippen LogP contribution in [0.3, 0.4) is 0 Å². The summed E-state index contributed by atoms with van der Waals surface area (Å²) in [5.74, 6) is 3.71. The van der Waals surface area contributed by atoms with Crippen LogP contribution in [0.2, 0.25) is 0 Å². The van der Waals surface area contributed by atoms with E-state index in [0.29, 0.717) is 18.1 Å². The van der Waals surface area contributed by atoms with Crippen LogP contribution in [-0.4, -0.2) is 32.5 Å². The van der Waals surface area contributed by atoms with Crippen molar-refractivity contribution < 1.29 is 23.7 Å². The van der Waals surface area contributed by atoms with Gasteiger partial charge >= 0.3 is 0 Å². The number of methoxy groups -OCH3 is 2. The first-order valence-electron chi connectivity index (χ1n) is 9.71. The minimum Gasteiger partial charge on any atom is -0.493 e. The molecule has 0 N–H and O–H groups in total. The fraction of sp³-hybridized carbons (Fsp3) is 0.333. The second kappa shape index (κ2) is 6.21. The topological polar surface area (TPSA) is 46.2 Å². The van der Waals surface area contributed by atoms with E-state index in [1.54, 1.807) is 14.2 Å². The largest absolute Gasteiger partial charge is 0.493 e. The molecule has 0 amide bonds. The van der Waals surface area contributed by atoms with Crippen LogP contribution in [-0.2, 0) is 0 Å². The molecular formula is C24H24O5. The lowest BCUT2D eigenvalue weighted by atomic mass is 9.79. The zero-order valence-electron chi connectivity index (χ0n) is 17.1. The second-order valence-corrected chi connectivity index (χ2v) is 8.11. The third kappa shape index (κ3) is 2.68. The van der Waals surface area contributed by atoms with Gasteiger partial charge in [0.2, 0.25) is 0 Å². The van der Waals surface area contributed by atoms with Crippen LogP contribution in [0.4, 0.5) is 0 Å². The molecule has 0 aromatic heterocycles. The summed E-state index contributed by atoms with van der Waals surface area (Å²) < 4.78 is 29.5. The van der Waals surface area contributed by atoms with Gasteiger partial charge < -0.3 is 23.7 Å². The number of benzene rings is 2. The van der Waals surface area contributed by atoms with Crippen LogP contribution >= 0.6 is 0 Å². The maximum absolute atomic E-state index is 6.47. The number of fused-ring (bicyclic) bond motifs is 6. The smallest absolute Gasteiger partial charge is 0.164 e. The van der Waals surface area contributed by atoms with E-state index in [0.717, 1.165) is 39.5 Å². The van der Waals surface area contributed by atoms with Crippen LogP contribution < -0.4 is 23.7 Å². The summed E-state index contributed by atoms with van der Waals surface area (Å²) in [5, 5.41) is 0. The van der Waals surface area contributed by atoms with Crippen molar-refractivity contribution >= 4 is 11.6 Å². The highest BCUT2D eigenvalue weighted by Gasteiger charge is 2.41. The number of hydrogen-bond donors (Lipinski definition) is 0. The quantitative estimate of drug-likeness (QED) is 0.732. The van der Waals surface area contributed by atoms with Gasteiger partial charge in [0.15, 0.2) is 11.5 Å². The summed E-state index contributed by atoms with van der Waals surface area (Å²) in [4.78, 5) is 0. The van der Waals surface area contributed by atoms with Crippen LogP contribution in [0, 0.1) is 0 Å².